The highest BCUT2D eigenvalue weighted by molar-refractivity contribution is 5.97. The number of nitrogens with one attached hydrogen (secondary N) is 1. The highest BCUT2D eigenvalue weighted by atomic mass is 19.1. The number of amides is 2. The van der Waals surface area contributed by atoms with Crippen molar-refractivity contribution in [3.05, 3.63) is 35.4 Å². The maximum absolute atomic E-state index is 12.2. The van der Waals surface area contributed by atoms with Crippen LogP contribution in [-0.4, -0.2) is 35.8 Å². The van der Waals surface area contributed by atoms with Gasteiger partial charge in [-0.1, -0.05) is 54.9 Å². The molecule has 6 heteroatoms. The number of imide groups is 1. The molecule has 2 rings (SSSR count). The molecule has 1 atom stereocenters. The van der Waals surface area contributed by atoms with Crippen LogP contribution in [0, 0.1) is 24.5 Å². The molecule has 0 aliphatic carbocycles. The van der Waals surface area contributed by atoms with Crippen LogP contribution in [0.15, 0.2) is 18.2 Å². The summed E-state index contributed by atoms with van der Waals surface area (Å²) in [6, 6.07) is 4.26. The molecule has 1 aromatic rings. The molecule has 204 valence electrons. The molecule has 0 aromatic heterocycles. The SMILES string of the molecule is CC.CCCC(CCC(C)C)N(CCC)CCC.Cc1cc(F)cc(F)c1.O=C1CCCC(=O)N1. The Morgan fingerprint density at radius 1 is 0.829 bits per heavy atom. The summed E-state index contributed by atoms with van der Waals surface area (Å²) < 4.78 is 24.4. The van der Waals surface area contributed by atoms with Gasteiger partial charge in [-0.25, -0.2) is 8.78 Å². The average Bonchev–Trinajstić information content (AvgIpc) is 2.77. The molecular formula is C29H52F2N2O2. The Labute approximate surface area is 214 Å². The van der Waals surface area contributed by atoms with Gasteiger partial charge < -0.3 is 4.90 Å². The van der Waals surface area contributed by atoms with Crippen LogP contribution >= 0.6 is 0 Å². The largest absolute Gasteiger partial charge is 0.300 e. The van der Waals surface area contributed by atoms with Gasteiger partial charge in [0.15, 0.2) is 0 Å². The number of hydrogen-bond donors (Lipinski definition) is 1. The Morgan fingerprint density at radius 3 is 1.63 bits per heavy atom. The van der Waals surface area contributed by atoms with Gasteiger partial charge in [0.2, 0.25) is 11.8 Å². The fraction of sp³-hybridized carbons (Fsp3) is 0.724. The lowest BCUT2D eigenvalue weighted by Crippen LogP contribution is -2.36. The first-order valence-corrected chi connectivity index (χ1v) is 13.6. The molecule has 4 nitrogen and oxygen atoms in total. The van der Waals surface area contributed by atoms with Gasteiger partial charge in [-0.15, -0.1) is 0 Å². The topological polar surface area (TPSA) is 49.4 Å². The van der Waals surface area contributed by atoms with E-state index >= 15 is 0 Å². The summed E-state index contributed by atoms with van der Waals surface area (Å²) in [7, 11) is 0. The lowest BCUT2D eigenvalue weighted by atomic mass is 9.98. The van der Waals surface area contributed by atoms with Crippen molar-refractivity contribution in [2.75, 3.05) is 13.1 Å². The third kappa shape index (κ3) is 20.1. The van der Waals surface area contributed by atoms with Gasteiger partial charge >= 0.3 is 0 Å². The van der Waals surface area contributed by atoms with E-state index in [2.05, 4.69) is 44.8 Å². The number of halogens is 2. The zero-order valence-electron chi connectivity index (χ0n) is 23.7. The number of carbonyl (C=O) groups excluding carboxylic acids is 2. The van der Waals surface area contributed by atoms with Gasteiger partial charge in [0.1, 0.15) is 11.6 Å². The molecule has 1 unspecified atom stereocenters. The van der Waals surface area contributed by atoms with Crippen molar-refractivity contribution < 1.29 is 18.4 Å². The molecule has 1 heterocycles. The Morgan fingerprint density at radius 2 is 1.31 bits per heavy atom. The van der Waals surface area contributed by atoms with Gasteiger partial charge in [0.25, 0.3) is 0 Å². The molecular weight excluding hydrogens is 446 g/mol. The number of aryl methyl sites for hydroxylation is 1. The van der Waals surface area contributed by atoms with E-state index in [4.69, 9.17) is 0 Å². The minimum atomic E-state index is -0.521. The Hall–Kier alpha value is -1.82. The lowest BCUT2D eigenvalue weighted by Gasteiger charge is -2.31. The van der Waals surface area contributed by atoms with Crippen molar-refractivity contribution in [2.45, 2.75) is 119 Å². The van der Waals surface area contributed by atoms with E-state index in [1.54, 1.807) is 6.92 Å². The molecule has 1 N–H and O–H groups in total. The van der Waals surface area contributed by atoms with Gasteiger partial charge in [-0.3, -0.25) is 14.9 Å². The normalized spacial score (nSPS) is 13.6. The van der Waals surface area contributed by atoms with Crippen LogP contribution in [-0.2, 0) is 9.59 Å². The fourth-order valence-corrected chi connectivity index (χ4v) is 3.80. The summed E-state index contributed by atoms with van der Waals surface area (Å²) in [5.74, 6) is -0.466. The maximum atomic E-state index is 12.2. The molecule has 1 fully saturated rings. The van der Waals surface area contributed by atoms with Crippen molar-refractivity contribution in [2.24, 2.45) is 5.92 Å². The monoisotopic (exact) mass is 498 g/mol. The Bertz CT molecular complexity index is 610. The highest BCUT2D eigenvalue weighted by Gasteiger charge is 2.16. The molecule has 0 spiro atoms. The van der Waals surface area contributed by atoms with E-state index in [-0.39, 0.29) is 11.8 Å². The van der Waals surface area contributed by atoms with E-state index in [1.807, 2.05) is 13.8 Å². The molecule has 1 aromatic carbocycles. The predicted octanol–water partition coefficient (Wildman–Crippen LogP) is 7.83. The second-order valence-corrected chi connectivity index (χ2v) is 9.22. The van der Waals surface area contributed by atoms with E-state index in [0.29, 0.717) is 24.8 Å². The van der Waals surface area contributed by atoms with Crippen LogP contribution in [0.2, 0.25) is 0 Å². The van der Waals surface area contributed by atoms with Gasteiger partial charge in [-0.2, -0.15) is 0 Å². The lowest BCUT2D eigenvalue weighted by molar-refractivity contribution is -0.132. The minimum absolute atomic E-state index is 0.138. The third-order valence-electron chi connectivity index (χ3n) is 5.33. The summed E-state index contributed by atoms with van der Waals surface area (Å²) in [4.78, 5) is 23.4. The van der Waals surface area contributed by atoms with Crippen molar-refractivity contribution >= 4 is 11.8 Å². The number of benzene rings is 1. The van der Waals surface area contributed by atoms with Crippen LogP contribution in [0.25, 0.3) is 0 Å². The zero-order chi connectivity index (χ0) is 27.2. The first-order chi connectivity index (χ1) is 16.6. The molecule has 2 amide bonds. The fourth-order valence-electron chi connectivity index (χ4n) is 3.80. The summed E-state index contributed by atoms with van der Waals surface area (Å²) in [6.07, 6.45) is 9.80. The quantitative estimate of drug-likeness (QED) is 0.334. The Balaban J connectivity index is 0. The smallest absolute Gasteiger partial charge is 0.226 e. The highest BCUT2D eigenvalue weighted by Crippen LogP contribution is 2.17. The minimum Gasteiger partial charge on any atom is -0.300 e. The molecule has 0 radical (unpaired) electrons. The number of hydrogen-bond acceptors (Lipinski definition) is 3. The first-order valence-electron chi connectivity index (χ1n) is 13.6. The van der Waals surface area contributed by atoms with Gasteiger partial charge in [0.05, 0.1) is 0 Å². The van der Waals surface area contributed by atoms with Crippen LogP contribution in [0.1, 0.15) is 112 Å². The van der Waals surface area contributed by atoms with Crippen molar-refractivity contribution in [1.82, 2.24) is 10.2 Å². The zero-order valence-corrected chi connectivity index (χ0v) is 23.7. The summed E-state index contributed by atoms with van der Waals surface area (Å²) in [5.41, 5.74) is 0.604. The van der Waals surface area contributed by atoms with E-state index in [1.165, 1.54) is 63.7 Å². The molecule has 1 aliphatic rings. The number of carbonyl (C=O) groups is 2. The standard InChI is InChI=1S/C15H33N.C7H6F2.C5H7NO2.C2H6/c1-6-9-15(11-10-14(4)5)16(12-7-2)13-8-3;1-5-2-6(8)4-7(9)3-5;7-4-2-1-3-5(8)6-4;1-2/h14-15H,6-13H2,1-5H3;2-4H,1H3;1-3H2,(H,6,7,8);1-2H3. The predicted molar refractivity (Wildman–Crippen MR) is 144 cm³/mol. The van der Waals surface area contributed by atoms with Crippen LogP contribution in [0.5, 0.6) is 0 Å². The summed E-state index contributed by atoms with van der Waals surface area (Å²) >= 11 is 0. The van der Waals surface area contributed by atoms with Crippen LogP contribution in [0.4, 0.5) is 8.78 Å². The molecule has 1 aliphatic heterocycles. The molecule has 35 heavy (non-hydrogen) atoms. The van der Waals surface area contributed by atoms with Crippen molar-refractivity contribution in [3.63, 3.8) is 0 Å². The second-order valence-electron chi connectivity index (χ2n) is 9.22. The van der Waals surface area contributed by atoms with E-state index in [9.17, 15) is 18.4 Å². The number of piperidine rings is 1. The summed E-state index contributed by atoms with van der Waals surface area (Å²) in [6.45, 7) is 19.8. The molecule has 0 saturated carbocycles. The number of nitrogens with zero attached hydrogens (tertiary/aromatic N) is 1. The average molecular weight is 499 g/mol. The second kappa shape index (κ2) is 22.6. The maximum Gasteiger partial charge on any atom is 0.226 e. The first kappa shape index (κ1) is 35.3. The van der Waals surface area contributed by atoms with Gasteiger partial charge in [0, 0.05) is 24.9 Å². The van der Waals surface area contributed by atoms with Crippen molar-refractivity contribution in [1.29, 1.82) is 0 Å². The Kier molecular flexibility index (Phi) is 22.9. The van der Waals surface area contributed by atoms with Gasteiger partial charge in [-0.05, 0) is 82.2 Å². The third-order valence-corrected chi connectivity index (χ3v) is 5.33. The van der Waals surface area contributed by atoms with E-state index in [0.717, 1.165) is 18.0 Å². The number of rotatable bonds is 10. The van der Waals surface area contributed by atoms with Crippen molar-refractivity contribution in [3.8, 4) is 0 Å². The van der Waals surface area contributed by atoms with E-state index < -0.39 is 11.6 Å². The summed E-state index contributed by atoms with van der Waals surface area (Å²) in [5, 5.41) is 2.20. The van der Waals surface area contributed by atoms with Crippen LogP contribution in [0.3, 0.4) is 0 Å². The molecule has 1 saturated heterocycles. The van der Waals surface area contributed by atoms with Crippen LogP contribution < -0.4 is 5.32 Å². The molecule has 0 bridgehead atoms.